The Kier molecular flexibility index (Phi) is 3.31. The predicted octanol–water partition coefficient (Wildman–Crippen LogP) is 2.34. The van der Waals surface area contributed by atoms with Crippen molar-refractivity contribution in [2.45, 2.75) is 19.4 Å². The first-order chi connectivity index (χ1) is 12.7. The molecule has 0 unspecified atom stereocenters. The van der Waals surface area contributed by atoms with Crippen molar-refractivity contribution in [3.63, 3.8) is 0 Å². The zero-order valence-electron chi connectivity index (χ0n) is 14.3. The van der Waals surface area contributed by atoms with Gasteiger partial charge < -0.3 is 14.6 Å². The lowest BCUT2D eigenvalue weighted by molar-refractivity contribution is -0.121. The lowest BCUT2D eigenvalue weighted by atomic mass is 10.3. The molecule has 4 heterocycles. The maximum absolute atomic E-state index is 11.7. The number of aromatic nitrogens is 4. The Balaban J connectivity index is 1.43. The Morgan fingerprint density at radius 3 is 2.96 bits per heavy atom. The van der Waals surface area contributed by atoms with Crippen molar-refractivity contribution in [3.8, 4) is 5.75 Å². The van der Waals surface area contributed by atoms with Crippen LogP contribution in [-0.4, -0.2) is 39.1 Å². The van der Waals surface area contributed by atoms with Crippen LogP contribution in [0, 0.1) is 5.92 Å². The quantitative estimate of drug-likeness (QED) is 0.777. The highest BCUT2D eigenvalue weighted by Gasteiger charge is 2.24. The molecule has 0 bridgehead atoms. The molecule has 0 atom stereocenters. The summed E-state index contributed by atoms with van der Waals surface area (Å²) < 4.78 is 7.67. The Labute approximate surface area is 149 Å². The average molecular weight is 350 g/mol. The molecule has 8 heteroatoms. The summed E-state index contributed by atoms with van der Waals surface area (Å²) in [5, 5.41) is 3.26. The van der Waals surface area contributed by atoms with E-state index in [-0.39, 0.29) is 12.5 Å². The predicted molar refractivity (Wildman–Crippen MR) is 96.7 cm³/mol. The Morgan fingerprint density at radius 2 is 2.12 bits per heavy atom. The number of hydrogen-bond acceptors (Lipinski definition) is 6. The van der Waals surface area contributed by atoms with Crippen LogP contribution in [0.25, 0.3) is 11.0 Å². The number of pyridine rings is 2. The van der Waals surface area contributed by atoms with E-state index in [9.17, 15) is 4.79 Å². The second-order valence-corrected chi connectivity index (χ2v) is 6.81. The van der Waals surface area contributed by atoms with Gasteiger partial charge in [-0.1, -0.05) is 0 Å². The summed E-state index contributed by atoms with van der Waals surface area (Å²) in [5.41, 5.74) is 2.72. The molecule has 1 aliphatic heterocycles. The summed E-state index contributed by atoms with van der Waals surface area (Å²) >= 11 is 0. The van der Waals surface area contributed by atoms with E-state index < -0.39 is 0 Å². The number of amides is 1. The van der Waals surface area contributed by atoms with Gasteiger partial charge in [-0.05, 0) is 18.8 Å². The number of anilines is 3. The molecular weight excluding hydrogens is 332 g/mol. The van der Waals surface area contributed by atoms with Gasteiger partial charge in [0.2, 0.25) is 0 Å². The van der Waals surface area contributed by atoms with Gasteiger partial charge in [0, 0.05) is 25.7 Å². The van der Waals surface area contributed by atoms with E-state index in [1.54, 1.807) is 19.4 Å². The number of hydrogen-bond donors (Lipinski definition) is 1. The van der Waals surface area contributed by atoms with Gasteiger partial charge in [-0.25, -0.2) is 15.0 Å². The second kappa shape index (κ2) is 5.69. The standard InChI is InChI=1S/C18H18N6O2/c1-23-17(25)9-26-15-4-12(6-20-18(15)23)22-16-5-14-13(7-19-16)21-10-24(14)8-11-2-3-11/h4-7,10-11H,2-3,8-9H2,1H3,(H,19,22). The van der Waals surface area contributed by atoms with Crippen LogP contribution in [0.4, 0.5) is 17.3 Å². The molecule has 132 valence electrons. The monoisotopic (exact) mass is 350 g/mol. The van der Waals surface area contributed by atoms with Gasteiger partial charge in [-0.3, -0.25) is 9.69 Å². The molecule has 0 aromatic carbocycles. The Morgan fingerprint density at radius 1 is 1.23 bits per heavy atom. The molecule has 1 saturated carbocycles. The molecule has 1 aliphatic carbocycles. The van der Waals surface area contributed by atoms with Crippen molar-refractivity contribution >= 4 is 34.3 Å². The summed E-state index contributed by atoms with van der Waals surface area (Å²) in [7, 11) is 1.69. The lowest BCUT2D eigenvalue weighted by Gasteiger charge is -2.24. The number of likely N-dealkylation sites (N-methyl/N-ethyl adjacent to an activating group) is 1. The fourth-order valence-corrected chi connectivity index (χ4v) is 3.12. The van der Waals surface area contributed by atoms with Crippen LogP contribution in [0.5, 0.6) is 5.75 Å². The number of nitrogens with zero attached hydrogens (tertiary/aromatic N) is 5. The largest absolute Gasteiger partial charge is 0.480 e. The van der Waals surface area contributed by atoms with E-state index in [2.05, 4.69) is 24.8 Å². The first-order valence-electron chi connectivity index (χ1n) is 8.65. The zero-order valence-corrected chi connectivity index (χ0v) is 14.3. The van der Waals surface area contributed by atoms with E-state index in [0.29, 0.717) is 11.6 Å². The minimum absolute atomic E-state index is 0.0270. The molecule has 1 amide bonds. The van der Waals surface area contributed by atoms with Crippen LogP contribution in [0.3, 0.4) is 0 Å². The molecule has 8 nitrogen and oxygen atoms in total. The Hall–Kier alpha value is -3.16. The van der Waals surface area contributed by atoms with Crippen LogP contribution < -0.4 is 15.0 Å². The minimum Gasteiger partial charge on any atom is -0.480 e. The SMILES string of the molecule is CN1C(=O)COc2cc(Nc3cc4c(cn3)ncn4CC3CC3)cnc21. The molecule has 1 fully saturated rings. The summed E-state index contributed by atoms with van der Waals surface area (Å²) in [4.78, 5) is 26.4. The summed E-state index contributed by atoms with van der Waals surface area (Å²) in [6.45, 7) is 1.04. The number of ether oxygens (including phenoxy) is 1. The van der Waals surface area contributed by atoms with Gasteiger partial charge in [-0.2, -0.15) is 0 Å². The van der Waals surface area contributed by atoms with E-state index >= 15 is 0 Å². The van der Waals surface area contributed by atoms with E-state index in [1.165, 1.54) is 17.7 Å². The third-order valence-electron chi connectivity index (χ3n) is 4.81. The van der Waals surface area contributed by atoms with Gasteiger partial charge in [-0.15, -0.1) is 0 Å². The topological polar surface area (TPSA) is 85.2 Å². The van der Waals surface area contributed by atoms with Crippen molar-refractivity contribution in [1.82, 2.24) is 19.5 Å². The first kappa shape index (κ1) is 15.1. The maximum Gasteiger partial charge on any atom is 0.265 e. The smallest absolute Gasteiger partial charge is 0.265 e. The van der Waals surface area contributed by atoms with Crippen LogP contribution in [-0.2, 0) is 11.3 Å². The highest BCUT2D eigenvalue weighted by Crippen LogP contribution is 2.33. The molecular formula is C18H18N6O2. The van der Waals surface area contributed by atoms with Gasteiger partial charge >= 0.3 is 0 Å². The molecule has 1 N–H and O–H groups in total. The minimum atomic E-state index is -0.109. The van der Waals surface area contributed by atoms with Crippen molar-refractivity contribution in [3.05, 3.63) is 30.9 Å². The van der Waals surface area contributed by atoms with Crippen molar-refractivity contribution < 1.29 is 9.53 Å². The first-order valence-corrected chi connectivity index (χ1v) is 8.65. The number of carbonyl (C=O) groups excluding carboxylic acids is 1. The normalized spacial score (nSPS) is 16.5. The van der Waals surface area contributed by atoms with Gasteiger partial charge in [0.05, 0.1) is 29.9 Å². The third kappa shape index (κ3) is 2.63. The molecule has 2 aliphatic rings. The zero-order chi connectivity index (χ0) is 17.7. The highest BCUT2D eigenvalue weighted by atomic mass is 16.5. The van der Waals surface area contributed by atoms with E-state index in [0.717, 1.165) is 35.0 Å². The number of carbonyl (C=O) groups is 1. The van der Waals surface area contributed by atoms with Crippen LogP contribution in [0.15, 0.2) is 30.9 Å². The van der Waals surface area contributed by atoms with Crippen LogP contribution in [0.2, 0.25) is 0 Å². The average Bonchev–Trinajstić information content (AvgIpc) is 3.38. The molecule has 3 aromatic heterocycles. The van der Waals surface area contributed by atoms with Crippen molar-refractivity contribution in [2.75, 3.05) is 23.9 Å². The fourth-order valence-electron chi connectivity index (χ4n) is 3.12. The Bertz CT molecular complexity index is 1010. The number of imidazole rings is 1. The van der Waals surface area contributed by atoms with Crippen LogP contribution in [0.1, 0.15) is 12.8 Å². The van der Waals surface area contributed by atoms with Gasteiger partial charge in [0.15, 0.2) is 18.2 Å². The molecule has 0 radical (unpaired) electrons. The van der Waals surface area contributed by atoms with Crippen LogP contribution >= 0.6 is 0 Å². The molecule has 3 aromatic rings. The van der Waals surface area contributed by atoms with E-state index in [4.69, 9.17) is 4.74 Å². The second-order valence-electron chi connectivity index (χ2n) is 6.81. The number of rotatable bonds is 4. The lowest BCUT2D eigenvalue weighted by Crippen LogP contribution is -2.36. The molecule has 0 saturated heterocycles. The molecule has 5 rings (SSSR count). The molecule has 0 spiro atoms. The maximum atomic E-state index is 11.7. The number of nitrogens with one attached hydrogen (secondary N) is 1. The van der Waals surface area contributed by atoms with Crippen molar-refractivity contribution in [1.29, 1.82) is 0 Å². The fraction of sp³-hybridized carbons (Fsp3) is 0.333. The summed E-state index contributed by atoms with van der Waals surface area (Å²) in [6.07, 6.45) is 7.93. The van der Waals surface area contributed by atoms with E-state index in [1.807, 2.05) is 18.5 Å². The van der Waals surface area contributed by atoms with Crippen molar-refractivity contribution in [2.24, 2.45) is 5.92 Å². The number of fused-ring (bicyclic) bond motifs is 2. The summed E-state index contributed by atoms with van der Waals surface area (Å²) in [5.74, 6) is 2.49. The van der Waals surface area contributed by atoms with Gasteiger partial charge in [0.25, 0.3) is 5.91 Å². The highest BCUT2D eigenvalue weighted by molar-refractivity contribution is 5.96. The summed E-state index contributed by atoms with van der Waals surface area (Å²) in [6, 6.07) is 3.83. The van der Waals surface area contributed by atoms with Gasteiger partial charge in [0.1, 0.15) is 11.3 Å². The molecule has 26 heavy (non-hydrogen) atoms. The third-order valence-corrected chi connectivity index (χ3v) is 4.81.